The maximum absolute atomic E-state index is 13.8. The number of fused-ring (bicyclic) bond motifs is 1. The Morgan fingerprint density at radius 2 is 2.05 bits per heavy atom. The summed E-state index contributed by atoms with van der Waals surface area (Å²) in [7, 11) is 0. The number of hydrazine groups is 1. The highest BCUT2D eigenvalue weighted by atomic mass is 19.1. The SMILES string of the molecule is NNC(Cc1ccc(F)cc1F)C1COc2ccccc21. The van der Waals surface area contributed by atoms with Crippen LogP contribution in [0.25, 0.3) is 0 Å². The van der Waals surface area contributed by atoms with Crippen LogP contribution in [0, 0.1) is 11.6 Å². The van der Waals surface area contributed by atoms with Gasteiger partial charge < -0.3 is 4.74 Å². The average Bonchev–Trinajstić information content (AvgIpc) is 2.91. The molecule has 2 atom stereocenters. The topological polar surface area (TPSA) is 47.3 Å². The number of rotatable bonds is 4. The smallest absolute Gasteiger partial charge is 0.129 e. The molecule has 3 nitrogen and oxygen atoms in total. The number of benzene rings is 2. The second kappa shape index (κ2) is 5.79. The molecule has 0 spiro atoms. The van der Waals surface area contributed by atoms with Gasteiger partial charge in [0.25, 0.3) is 0 Å². The van der Waals surface area contributed by atoms with Gasteiger partial charge in [-0.15, -0.1) is 0 Å². The zero-order valence-electron chi connectivity index (χ0n) is 11.4. The van der Waals surface area contributed by atoms with Crippen molar-refractivity contribution in [3.8, 4) is 5.75 Å². The van der Waals surface area contributed by atoms with Gasteiger partial charge in [-0.3, -0.25) is 11.3 Å². The van der Waals surface area contributed by atoms with Gasteiger partial charge in [0.05, 0.1) is 6.61 Å². The summed E-state index contributed by atoms with van der Waals surface area (Å²) in [5.41, 5.74) is 4.23. The zero-order chi connectivity index (χ0) is 14.8. The lowest BCUT2D eigenvalue weighted by Crippen LogP contribution is -2.42. The van der Waals surface area contributed by atoms with Crippen LogP contribution in [0.1, 0.15) is 17.0 Å². The molecule has 2 aromatic rings. The standard InChI is InChI=1S/C16H16F2N2O/c17-11-6-5-10(14(18)8-11)7-15(20-19)13-9-21-16-4-2-1-3-12(13)16/h1-6,8,13,15,20H,7,9,19H2. The van der Waals surface area contributed by atoms with E-state index in [-0.39, 0.29) is 12.0 Å². The normalized spacial score (nSPS) is 18.1. The summed E-state index contributed by atoms with van der Waals surface area (Å²) in [6.45, 7) is 0.497. The average molecular weight is 290 g/mol. The number of hydrogen-bond donors (Lipinski definition) is 2. The lowest BCUT2D eigenvalue weighted by molar-refractivity contribution is 0.297. The van der Waals surface area contributed by atoms with Crippen LogP contribution in [0.3, 0.4) is 0 Å². The molecule has 0 bridgehead atoms. The Balaban J connectivity index is 1.83. The van der Waals surface area contributed by atoms with E-state index < -0.39 is 11.6 Å². The lowest BCUT2D eigenvalue weighted by Gasteiger charge is -2.22. The molecule has 2 unspecified atom stereocenters. The highest BCUT2D eigenvalue weighted by Crippen LogP contribution is 2.36. The Bertz CT molecular complexity index is 648. The quantitative estimate of drug-likeness (QED) is 0.672. The Kier molecular flexibility index (Phi) is 3.86. The van der Waals surface area contributed by atoms with E-state index in [0.29, 0.717) is 18.6 Å². The lowest BCUT2D eigenvalue weighted by atomic mass is 9.89. The first kappa shape index (κ1) is 14.0. The molecule has 0 saturated carbocycles. The first-order valence-electron chi connectivity index (χ1n) is 6.81. The predicted molar refractivity (Wildman–Crippen MR) is 75.9 cm³/mol. The monoisotopic (exact) mass is 290 g/mol. The van der Waals surface area contributed by atoms with E-state index in [2.05, 4.69) is 5.43 Å². The van der Waals surface area contributed by atoms with Crippen LogP contribution in [0.4, 0.5) is 8.78 Å². The van der Waals surface area contributed by atoms with Gasteiger partial charge in [-0.1, -0.05) is 24.3 Å². The Hall–Kier alpha value is -1.98. The second-order valence-corrected chi connectivity index (χ2v) is 5.17. The molecule has 0 amide bonds. The van der Waals surface area contributed by atoms with Gasteiger partial charge in [0.15, 0.2) is 0 Å². The molecule has 0 aromatic heterocycles. The van der Waals surface area contributed by atoms with Crippen LogP contribution < -0.4 is 16.0 Å². The summed E-state index contributed by atoms with van der Waals surface area (Å²) < 4.78 is 32.4. The van der Waals surface area contributed by atoms with E-state index in [4.69, 9.17) is 10.6 Å². The second-order valence-electron chi connectivity index (χ2n) is 5.17. The molecule has 1 aliphatic rings. The van der Waals surface area contributed by atoms with Gasteiger partial charge in [0.1, 0.15) is 17.4 Å². The minimum Gasteiger partial charge on any atom is -0.493 e. The van der Waals surface area contributed by atoms with Crippen LogP contribution >= 0.6 is 0 Å². The van der Waals surface area contributed by atoms with Crippen LogP contribution in [0.15, 0.2) is 42.5 Å². The summed E-state index contributed by atoms with van der Waals surface area (Å²) >= 11 is 0. The molecule has 3 N–H and O–H groups in total. The van der Waals surface area contributed by atoms with E-state index in [1.165, 1.54) is 12.1 Å². The van der Waals surface area contributed by atoms with E-state index in [0.717, 1.165) is 17.4 Å². The summed E-state index contributed by atoms with van der Waals surface area (Å²) in [5.74, 6) is 5.37. The summed E-state index contributed by atoms with van der Waals surface area (Å²) in [5, 5.41) is 0. The van der Waals surface area contributed by atoms with Gasteiger partial charge in [0.2, 0.25) is 0 Å². The molecule has 1 heterocycles. The van der Waals surface area contributed by atoms with Gasteiger partial charge in [-0.05, 0) is 24.1 Å². The van der Waals surface area contributed by atoms with Gasteiger partial charge in [-0.2, -0.15) is 0 Å². The summed E-state index contributed by atoms with van der Waals surface area (Å²) in [6, 6.07) is 11.1. The van der Waals surface area contributed by atoms with Crippen molar-refractivity contribution in [3.05, 3.63) is 65.2 Å². The molecule has 0 radical (unpaired) electrons. The number of nitrogens with two attached hydrogens (primary N) is 1. The van der Waals surface area contributed by atoms with E-state index in [1.54, 1.807) is 0 Å². The minimum atomic E-state index is -0.581. The first-order valence-corrected chi connectivity index (χ1v) is 6.81. The number of halogens is 2. The van der Waals surface area contributed by atoms with Gasteiger partial charge in [0, 0.05) is 23.6 Å². The molecule has 1 aliphatic heterocycles. The number of hydrogen-bond acceptors (Lipinski definition) is 3. The van der Waals surface area contributed by atoms with E-state index >= 15 is 0 Å². The van der Waals surface area contributed by atoms with Crippen molar-refractivity contribution in [2.45, 2.75) is 18.4 Å². The third-order valence-corrected chi connectivity index (χ3v) is 3.89. The van der Waals surface area contributed by atoms with Crippen molar-refractivity contribution in [1.82, 2.24) is 5.43 Å². The fourth-order valence-electron chi connectivity index (χ4n) is 2.76. The largest absolute Gasteiger partial charge is 0.493 e. The number of para-hydroxylation sites is 1. The minimum absolute atomic E-state index is 0.0376. The third-order valence-electron chi connectivity index (χ3n) is 3.89. The van der Waals surface area contributed by atoms with Gasteiger partial charge in [-0.25, -0.2) is 8.78 Å². The summed E-state index contributed by atoms with van der Waals surface area (Å²) in [6.07, 6.45) is 0.366. The molecule has 0 saturated heterocycles. The molecule has 21 heavy (non-hydrogen) atoms. The Morgan fingerprint density at radius 1 is 1.24 bits per heavy atom. The molecule has 0 fully saturated rings. The van der Waals surface area contributed by atoms with Crippen molar-refractivity contribution in [2.24, 2.45) is 5.84 Å². The Morgan fingerprint density at radius 3 is 2.81 bits per heavy atom. The number of nitrogens with one attached hydrogen (secondary N) is 1. The Labute approximate surface area is 121 Å². The highest BCUT2D eigenvalue weighted by molar-refractivity contribution is 5.41. The van der Waals surface area contributed by atoms with Crippen molar-refractivity contribution in [2.75, 3.05) is 6.61 Å². The van der Waals surface area contributed by atoms with Crippen molar-refractivity contribution in [3.63, 3.8) is 0 Å². The van der Waals surface area contributed by atoms with E-state index in [9.17, 15) is 8.78 Å². The predicted octanol–water partition coefficient (Wildman–Crippen LogP) is 2.52. The first-order chi connectivity index (χ1) is 10.2. The van der Waals surface area contributed by atoms with Crippen molar-refractivity contribution < 1.29 is 13.5 Å². The maximum atomic E-state index is 13.8. The maximum Gasteiger partial charge on any atom is 0.129 e. The highest BCUT2D eigenvalue weighted by Gasteiger charge is 2.31. The van der Waals surface area contributed by atoms with Gasteiger partial charge >= 0.3 is 0 Å². The van der Waals surface area contributed by atoms with Crippen molar-refractivity contribution >= 4 is 0 Å². The van der Waals surface area contributed by atoms with Crippen LogP contribution in [0.2, 0.25) is 0 Å². The van der Waals surface area contributed by atoms with Crippen LogP contribution in [0.5, 0.6) is 5.75 Å². The molecule has 3 rings (SSSR count). The molecule has 110 valence electrons. The third kappa shape index (κ3) is 2.75. The summed E-state index contributed by atoms with van der Waals surface area (Å²) in [4.78, 5) is 0. The fourth-order valence-corrected chi connectivity index (χ4v) is 2.76. The molecule has 2 aromatic carbocycles. The number of ether oxygens (including phenoxy) is 1. The van der Waals surface area contributed by atoms with Crippen LogP contribution in [-0.4, -0.2) is 12.6 Å². The van der Waals surface area contributed by atoms with Crippen LogP contribution in [-0.2, 0) is 6.42 Å². The molecular formula is C16H16F2N2O. The van der Waals surface area contributed by atoms with Crippen molar-refractivity contribution in [1.29, 1.82) is 0 Å². The fraction of sp³-hybridized carbons (Fsp3) is 0.250. The molecule has 5 heteroatoms. The molecular weight excluding hydrogens is 274 g/mol. The zero-order valence-corrected chi connectivity index (χ0v) is 11.4. The molecule has 0 aliphatic carbocycles. The van der Waals surface area contributed by atoms with E-state index in [1.807, 2.05) is 24.3 Å².